The quantitative estimate of drug-likeness (QED) is 0.386. The largest absolute Gasteiger partial charge is 0.375 e. The van der Waals surface area contributed by atoms with Gasteiger partial charge < -0.3 is 9.47 Å². The van der Waals surface area contributed by atoms with Crippen molar-refractivity contribution in [3.8, 4) is 0 Å². The summed E-state index contributed by atoms with van der Waals surface area (Å²) < 4.78 is 11.4. The summed E-state index contributed by atoms with van der Waals surface area (Å²) in [6, 6.07) is 0. The van der Waals surface area contributed by atoms with Crippen LogP contribution in [0.25, 0.3) is 10.4 Å². The van der Waals surface area contributed by atoms with Gasteiger partial charge in [-0.05, 0) is 25.3 Å². The first-order valence-electron chi connectivity index (χ1n) is 5.07. The second kappa shape index (κ2) is 3.77. The minimum absolute atomic E-state index is 0.0877. The highest BCUT2D eigenvalue weighted by atomic mass is 16.6. The Morgan fingerprint density at radius 2 is 2.43 bits per heavy atom. The summed E-state index contributed by atoms with van der Waals surface area (Å²) in [4.78, 5) is 2.75. The van der Waals surface area contributed by atoms with Crippen LogP contribution in [0.15, 0.2) is 5.11 Å². The predicted octanol–water partition coefficient (Wildman–Crippen LogP) is 2.02. The number of ether oxygens (including phenoxy) is 2. The zero-order valence-electron chi connectivity index (χ0n) is 8.35. The fraction of sp³-hybridized carbons (Fsp3) is 1.00. The van der Waals surface area contributed by atoms with Crippen molar-refractivity contribution in [2.75, 3.05) is 13.2 Å². The third-order valence-electron chi connectivity index (χ3n) is 3.27. The van der Waals surface area contributed by atoms with Crippen LogP contribution in [0.3, 0.4) is 0 Å². The average molecular weight is 197 g/mol. The van der Waals surface area contributed by atoms with E-state index in [0.717, 1.165) is 25.9 Å². The highest BCUT2D eigenvalue weighted by Crippen LogP contribution is 2.41. The molecule has 78 valence electrons. The molecule has 0 aliphatic carbocycles. The van der Waals surface area contributed by atoms with Gasteiger partial charge in [0.1, 0.15) is 0 Å². The van der Waals surface area contributed by atoms with Gasteiger partial charge in [0.2, 0.25) is 0 Å². The minimum atomic E-state index is -0.0877. The lowest BCUT2D eigenvalue weighted by Gasteiger charge is -2.27. The molecule has 0 amide bonds. The lowest BCUT2D eigenvalue weighted by atomic mass is 9.93. The molecule has 2 aliphatic rings. The second-order valence-electron chi connectivity index (χ2n) is 4.02. The molecule has 0 N–H and O–H groups in total. The molecule has 0 aromatic carbocycles. The molecule has 3 atom stereocenters. The van der Waals surface area contributed by atoms with E-state index in [1.807, 2.05) is 0 Å². The summed E-state index contributed by atoms with van der Waals surface area (Å²) in [5, 5.41) is 3.55. The van der Waals surface area contributed by atoms with Crippen molar-refractivity contribution in [3.05, 3.63) is 10.4 Å². The van der Waals surface area contributed by atoms with Crippen LogP contribution in [0, 0.1) is 0 Å². The van der Waals surface area contributed by atoms with Crippen molar-refractivity contribution in [1.29, 1.82) is 0 Å². The van der Waals surface area contributed by atoms with Crippen LogP contribution in [0.2, 0.25) is 0 Å². The summed E-state index contributed by atoms with van der Waals surface area (Å²) in [5.41, 5.74) is 8.13. The van der Waals surface area contributed by atoms with Gasteiger partial charge in [0, 0.05) is 17.9 Å². The van der Waals surface area contributed by atoms with Gasteiger partial charge >= 0.3 is 0 Å². The molecule has 0 unspecified atom stereocenters. The highest BCUT2D eigenvalue weighted by molar-refractivity contribution is 4.97. The molecule has 0 bridgehead atoms. The molecule has 0 aromatic rings. The van der Waals surface area contributed by atoms with Crippen molar-refractivity contribution in [2.45, 2.75) is 44.0 Å². The maximum absolute atomic E-state index is 8.21. The van der Waals surface area contributed by atoms with Crippen molar-refractivity contribution >= 4 is 0 Å². The lowest BCUT2D eigenvalue weighted by Crippen LogP contribution is -2.36. The van der Waals surface area contributed by atoms with Gasteiger partial charge in [-0.3, -0.25) is 0 Å². The number of hydrogen-bond donors (Lipinski definition) is 0. The molecule has 2 fully saturated rings. The highest BCUT2D eigenvalue weighted by Gasteiger charge is 2.47. The van der Waals surface area contributed by atoms with Crippen molar-refractivity contribution in [3.63, 3.8) is 0 Å². The predicted molar refractivity (Wildman–Crippen MR) is 50.9 cm³/mol. The van der Waals surface area contributed by atoms with E-state index >= 15 is 0 Å². The van der Waals surface area contributed by atoms with Crippen LogP contribution in [-0.4, -0.2) is 31.0 Å². The molecular weight excluding hydrogens is 182 g/mol. The standard InChI is InChI=1S/C9H15N3O2/c1-7-9(4-5-13-7)3-2-8(14-9)6-11-12-10/h7-8H,2-6H2,1H3/t7-,8+,9-/m0/s1. The van der Waals surface area contributed by atoms with Gasteiger partial charge in [0.15, 0.2) is 0 Å². The smallest absolute Gasteiger partial charge is 0.0966 e. The average Bonchev–Trinajstić information content (AvgIpc) is 2.74. The number of hydrogen-bond acceptors (Lipinski definition) is 3. The molecule has 2 rings (SSSR count). The molecular formula is C9H15N3O2. The summed E-state index contributed by atoms with van der Waals surface area (Å²) in [6.07, 6.45) is 3.25. The SMILES string of the molecule is C[C@@H]1OCC[C@@]12CC[C@H](CN=[N+]=[N-])O2. The van der Waals surface area contributed by atoms with Crippen molar-refractivity contribution in [1.82, 2.24) is 0 Å². The number of azide groups is 1. The van der Waals surface area contributed by atoms with Gasteiger partial charge in [-0.15, -0.1) is 0 Å². The van der Waals surface area contributed by atoms with E-state index in [-0.39, 0.29) is 17.8 Å². The van der Waals surface area contributed by atoms with Crippen LogP contribution < -0.4 is 0 Å². The van der Waals surface area contributed by atoms with Crippen LogP contribution >= 0.6 is 0 Å². The third-order valence-corrected chi connectivity index (χ3v) is 3.27. The Balaban J connectivity index is 1.96. The first-order valence-corrected chi connectivity index (χ1v) is 5.07. The first-order chi connectivity index (χ1) is 6.77. The maximum atomic E-state index is 8.21. The summed E-state index contributed by atoms with van der Waals surface area (Å²) in [7, 11) is 0. The van der Waals surface area contributed by atoms with E-state index in [4.69, 9.17) is 15.0 Å². The van der Waals surface area contributed by atoms with Gasteiger partial charge in [-0.2, -0.15) is 0 Å². The van der Waals surface area contributed by atoms with Gasteiger partial charge in [-0.25, -0.2) is 0 Å². The normalized spacial score (nSPS) is 41.5. The van der Waals surface area contributed by atoms with Crippen LogP contribution in [0.4, 0.5) is 0 Å². The van der Waals surface area contributed by atoms with E-state index in [2.05, 4.69) is 16.9 Å². The van der Waals surface area contributed by atoms with E-state index in [1.54, 1.807) is 0 Å². The Labute approximate surface area is 83.0 Å². The third kappa shape index (κ3) is 1.59. The fourth-order valence-electron chi connectivity index (χ4n) is 2.36. The Kier molecular flexibility index (Phi) is 2.63. The van der Waals surface area contributed by atoms with Crippen LogP contribution in [0.5, 0.6) is 0 Å². The van der Waals surface area contributed by atoms with Gasteiger partial charge in [0.05, 0.1) is 24.4 Å². The molecule has 2 saturated heterocycles. The summed E-state index contributed by atoms with van der Waals surface area (Å²) >= 11 is 0. The van der Waals surface area contributed by atoms with Crippen molar-refractivity contribution in [2.24, 2.45) is 5.11 Å². The zero-order chi connectivity index (χ0) is 10.0. The minimum Gasteiger partial charge on any atom is -0.375 e. The fourth-order valence-corrected chi connectivity index (χ4v) is 2.36. The monoisotopic (exact) mass is 197 g/mol. The van der Waals surface area contributed by atoms with Crippen LogP contribution in [-0.2, 0) is 9.47 Å². The van der Waals surface area contributed by atoms with E-state index in [1.165, 1.54) is 0 Å². The molecule has 5 heteroatoms. The number of nitrogens with zero attached hydrogens (tertiary/aromatic N) is 3. The van der Waals surface area contributed by atoms with E-state index < -0.39 is 0 Å². The molecule has 5 nitrogen and oxygen atoms in total. The van der Waals surface area contributed by atoms with Crippen LogP contribution in [0.1, 0.15) is 26.2 Å². The maximum Gasteiger partial charge on any atom is 0.0966 e. The Hall–Kier alpha value is -0.770. The summed E-state index contributed by atoms with van der Waals surface area (Å²) in [5.74, 6) is 0. The Morgan fingerprint density at radius 3 is 3.07 bits per heavy atom. The van der Waals surface area contributed by atoms with E-state index in [9.17, 15) is 0 Å². The molecule has 0 radical (unpaired) electrons. The Morgan fingerprint density at radius 1 is 1.57 bits per heavy atom. The molecule has 2 aliphatic heterocycles. The zero-order valence-corrected chi connectivity index (χ0v) is 8.35. The molecule has 0 saturated carbocycles. The molecule has 0 aromatic heterocycles. The van der Waals surface area contributed by atoms with Gasteiger partial charge in [0.25, 0.3) is 0 Å². The van der Waals surface area contributed by atoms with Crippen molar-refractivity contribution < 1.29 is 9.47 Å². The summed E-state index contributed by atoms with van der Waals surface area (Å²) in [6.45, 7) is 3.29. The second-order valence-corrected chi connectivity index (χ2v) is 4.02. The molecule has 2 heterocycles. The molecule has 1 spiro atoms. The topological polar surface area (TPSA) is 67.2 Å². The number of rotatable bonds is 2. The first kappa shape index (κ1) is 9.77. The van der Waals surface area contributed by atoms with E-state index in [0.29, 0.717) is 6.54 Å². The van der Waals surface area contributed by atoms with Gasteiger partial charge in [-0.1, -0.05) is 5.11 Å². The lowest BCUT2D eigenvalue weighted by molar-refractivity contribution is -0.0753. The molecule has 14 heavy (non-hydrogen) atoms. The Bertz CT molecular complexity index is 265.